The monoisotopic (exact) mass is 391 g/mol. The molecular formula is C20H16ClF2NO3. The van der Waals surface area contributed by atoms with Gasteiger partial charge in [0.15, 0.2) is 11.6 Å². The lowest BCUT2D eigenvalue weighted by Crippen LogP contribution is -2.35. The van der Waals surface area contributed by atoms with E-state index in [2.05, 4.69) is 0 Å². The first-order chi connectivity index (χ1) is 12.9. The third kappa shape index (κ3) is 3.42. The number of aliphatic hydroxyl groups excluding tert-OH is 1. The molecule has 0 unspecified atom stereocenters. The first-order valence-corrected chi connectivity index (χ1v) is 8.87. The molecule has 2 atom stereocenters. The number of halogens is 3. The minimum Gasteiger partial charge on any atom is -0.488 e. The van der Waals surface area contributed by atoms with Crippen LogP contribution in [-0.2, 0) is 4.79 Å². The van der Waals surface area contributed by atoms with Gasteiger partial charge in [0, 0.05) is 17.1 Å². The highest BCUT2D eigenvalue weighted by atomic mass is 35.5. The molecule has 1 fully saturated rings. The molecule has 0 saturated carbocycles. The Morgan fingerprint density at radius 3 is 2.78 bits per heavy atom. The van der Waals surface area contributed by atoms with Crippen molar-refractivity contribution in [3.8, 4) is 5.75 Å². The van der Waals surface area contributed by atoms with Gasteiger partial charge in [0.25, 0.3) is 5.91 Å². The zero-order chi connectivity index (χ0) is 19.1. The Morgan fingerprint density at radius 1 is 1.19 bits per heavy atom. The van der Waals surface area contributed by atoms with Gasteiger partial charge in [-0.3, -0.25) is 4.79 Å². The molecule has 4 rings (SSSR count). The predicted octanol–water partition coefficient (Wildman–Crippen LogP) is 3.73. The van der Waals surface area contributed by atoms with Crippen LogP contribution in [0, 0.1) is 11.6 Å². The summed E-state index contributed by atoms with van der Waals surface area (Å²) in [5.74, 6) is -1.61. The highest BCUT2D eigenvalue weighted by molar-refractivity contribution is 6.30. The van der Waals surface area contributed by atoms with Crippen molar-refractivity contribution in [3.63, 3.8) is 0 Å². The topological polar surface area (TPSA) is 49.8 Å². The highest BCUT2D eigenvalue weighted by Gasteiger charge is 2.37. The third-order valence-corrected chi connectivity index (χ3v) is 5.06. The molecule has 2 heterocycles. The number of rotatable bonds is 2. The van der Waals surface area contributed by atoms with Gasteiger partial charge in [-0.05, 0) is 48.4 Å². The smallest absolute Gasteiger partial charge is 0.253 e. The summed E-state index contributed by atoms with van der Waals surface area (Å²) in [6, 6.07) is 8.13. The molecule has 1 N–H and O–H groups in total. The van der Waals surface area contributed by atoms with Gasteiger partial charge in [0.1, 0.15) is 12.4 Å². The first-order valence-electron chi connectivity index (χ1n) is 8.49. The van der Waals surface area contributed by atoms with E-state index in [4.69, 9.17) is 16.3 Å². The Kier molecular flexibility index (Phi) is 4.61. The van der Waals surface area contributed by atoms with Crippen LogP contribution in [-0.4, -0.2) is 35.2 Å². The molecule has 2 aliphatic rings. The number of nitrogens with zero attached hydrogens (tertiary/aromatic N) is 1. The van der Waals surface area contributed by atoms with Gasteiger partial charge in [-0.15, -0.1) is 0 Å². The van der Waals surface area contributed by atoms with E-state index in [0.717, 1.165) is 12.1 Å². The highest BCUT2D eigenvalue weighted by Crippen LogP contribution is 2.36. The van der Waals surface area contributed by atoms with Gasteiger partial charge in [0.2, 0.25) is 0 Å². The molecule has 27 heavy (non-hydrogen) atoms. The molecular weight excluding hydrogens is 376 g/mol. The van der Waals surface area contributed by atoms with E-state index in [1.54, 1.807) is 24.3 Å². The number of carbonyl (C=O) groups excluding carboxylic acids is 1. The van der Waals surface area contributed by atoms with Crippen LogP contribution in [0.2, 0.25) is 5.02 Å². The lowest BCUT2D eigenvalue weighted by molar-refractivity contribution is -0.128. The van der Waals surface area contributed by atoms with Crippen molar-refractivity contribution < 1.29 is 23.4 Å². The Labute approximate surface area is 159 Å². The molecule has 2 aromatic rings. The summed E-state index contributed by atoms with van der Waals surface area (Å²) >= 11 is 6.00. The maximum atomic E-state index is 13.6. The molecule has 1 saturated heterocycles. The molecule has 7 heteroatoms. The standard InChI is InChI=1S/C20H16ClF2NO3/c21-14-2-4-19-12(6-14)5-13(10-27-19)20(26)24-9-15(25)8-18(24)11-1-3-16(22)17(23)7-11/h1-7,15,18,25H,8-10H2/t15-,18-/m0/s1. The fourth-order valence-corrected chi connectivity index (χ4v) is 3.71. The second kappa shape index (κ2) is 6.94. The normalized spacial score (nSPS) is 21.5. The number of ether oxygens (including phenoxy) is 1. The molecule has 2 aromatic carbocycles. The van der Waals surface area contributed by atoms with Gasteiger partial charge in [-0.1, -0.05) is 17.7 Å². The lowest BCUT2D eigenvalue weighted by Gasteiger charge is -2.27. The number of likely N-dealkylation sites (tertiary alicyclic amines) is 1. The van der Waals surface area contributed by atoms with Crippen LogP contribution in [0.15, 0.2) is 42.0 Å². The molecule has 0 radical (unpaired) electrons. The lowest BCUT2D eigenvalue weighted by atomic mass is 10.0. The summed E-state index contributed by atoms with van der Waals surface area (Å²) < 4.78 is 32.5. The summed E-state index contributed by atoms with van der Waals surface area (Å²) in [4.78, 5) is 14.5. The average molecular weight is 392 g/mol. The number of carbonyl (C=O) groups is 1. The quantitative estimate of drug-likeness (QED) is 0.848. The number of aliphatic hydroxyl groups is 1. The van der Waals surface area contributed by atoms with Gasteiger partial charge in [-0.2, -0.15) is 0 Å². The Bertz CT molecular complexity index is 947. The molecule has 2 aliphatic heterocycles. The number of hydrogen-bond donors (Lipinski definition) is 1. The molecule has 1 amide bonds. The van der Waals surface area contributed by atoms with Gasteiger partial charge in [-0.25, -0.2) is 8.78 Å². The minimum absolute atomic E-state index is 0.0879. The van der Waals surface area contributed by atoms with Crippen LogP contribution in [0.25, 0.3) is 6.08 Å². The molecule has 0 spiro atoms. The average Bonchev–Trinajstić information content (AvgIpc) is 3.04. The Hall–Kier alpha value is -2.44. The fourth-order valence-electron chi connectivity index (χ4n) is 3.53. The zero-order valence-electron chi connectivity index (χ0n) is 14.2. The summed E-state index contributed by atoms with van der Waals surface area (Å²) in [6.45, 7) is 0.201. The van der Waals surface area contributed by atoms with E-state index < -0.39 is 23.8 Å². The fraction of sp³-hybridized carbons (Fsp3) is 0.250. The van der Waals surface area contributed by atoms with Crippen LogP contribution in [0.4, 0.5) is 8.78 Å². The number of benzene rings is 2. The van der Waals surface area contributed by atoms with Gasteiger partial charge >= 0.3 is 0 Å². The first kappa shape index (κ1) is 17.9. The number of amides is 1. The minimum atomic E-state index is -0.981. The third-order valence-electron chi connectivity index (χ3n) is 4.83. The molecule has 0 bridgehead atoms. The van der Waals surface area contributed by atoms with Crippen molar-refractivity contribution >= 4 is 23.6 Å². The molecule has 0 aliphatic carbocycles. The maximum Gasteiger partial charge on any atom is 0.253 e. The van der Waals surface area contributed by atoms with E-state index in [1.165, 1.54) is 11.0 Å². The summed E-state index contributed by atoms with van der Waals surface area (Å²) in [6.07, 6.45) is 1.23. The number of β-amino-alcohol motifs (C(OH)–C–C–N with tert-alkyl or cyclic N) is 1. The summed E-state index contributed by atoms with van der Waals surface area (Å²) in [7, 11) is 0. The van der Waals surface area contributed by atoms with Crippen molar-refractivity contribution in [3.05, 3.63) is 69.8 Å². The van der Waals surface area contributed by atoms with E-state index in [0.29, 0.717) is 27.5 Å². The predicted molar refractivity (Wildman–Crippen MR) is 96.4 cm³/mol. The van der Waals surface area contributed by atoms with Crippen molar-refractivity contribution in [2.24, 2.45) is 0 Å². The van der Waals surface area contributed by atoms with Crippen LogP contribution < -0.4 is 4.74 Å². The van der Waals surface area contributed by atoms with Crippen molar-refractivity contribution in [1.29, 1.82) is 0 Å². The van der Waals surface area contributed by atoms with E-state index in [1.807, 2.05) is 0 Å². The second-order valence-corrected chi connectivity index (χ2v) is 7.11. The molecule has 4 nitrogen and oxygen atoms in total. The van der Waals surface area contributed by atoms with Crippen LogP contribution in [0.3, 0.4) is 0 Å². The largest absolute Gasteiger partial charge is 0.488 e. The van der Waals surface area contributed by atoms with Crippen LogP contribution in [0.1, 0.15) is 23.6 Å². The molecule has 0 aromatic heterocycles. The van der Waals surface area contributed by atoms with Crippen molar-refractivity contribution in [1.82, 2.24) is 4.90 Å². The number of fused-ring (bicyclic) bond motifs is 1. The molecule has 140 valence electrons. The van der Waals surface area contributed by atoms with E-state index in [-0.39, 0.29) is 25.5 Å². The number of hydrogen-bond acceptors (Lipinski definition) is 3. The Balaban J connectivity index is 1.64. The summed E-state index contributed by atoms with van der Waals surface area (Å²) in [5.41, 5.74) is 1.55. The summed E-state index contributed by atoms with van der Waals surface area (Å²) in [5, 5.41) is 10.6. The van der Waals surface area contributed by atoms with Crippen LogP contribution >= 0.6 is 11.6 Å². The van der Waals surface area contributed by atoms with E-state index in [9.17, 15) is 18.7 Å². The van der Waals surface area contributed by atoms with Crippen LogP contribution in [0.5, 0.6) is 5.75 Å². The SMILES string of the molecule is O=C(C1=Cc2cc(Cl)ccc2OC1)N1C[C@@H](O)C[C@H]1c1ccc(F)c(F)c1. The van der Waals surface area contributed by atoms with Gasteiger partial charge < -0.3 is 14.7 Å². The maximum absolute atomic E-state index is 13.6. The van der Waals surface area contributed by atoms with Gasteiger partial charge in [0.05, 0.1) is 17.7 Å². The van der Waals surface area contributed by atoms with E-state index >= 15 is 0 Å². The van der Waals surface area contributed by atoms with Crippen molar-refractivity contribution in [2.45, 2.75) is 18.6 Å². The van der Waals surface area contributed by atoms with Crippen molar-refractivity contribution in [2.75, 3.05) is 13.2 Å². The second-order valence-electron chi connectivity index (χ2n) is 6.68. The zero-order valence-corrected chi connectivity index (χ0v) is 14.9. The Morgan fingerprint density at radius 2 is 2.00 bits per heavy atom.